The summed E-state index contributed by atoms with van der Waals surface area (Å²) < 4.78 is 11.4. The van der Waals surface area contributed by atoms with Gasteiger partial charge in [-0.25, -0.2) is 0 Å². The zero-order chi connectivity index (χ0) is 19.9. The lowest BCUT2D eigenvalue weighted by molar-refractivity contribution is -0.130. The largest absolute Gasteiger partial charge is 0.492 e. The monoisotopic (exact) mass is 379 g/mol. The highest BCUT2D eigenvalue weighted by Crippen LogP contribution is 2.19. The Balaban J connectivity index is 1.44. The van der Waals surface area contributed by atoms with Crippen molar-refractivity contribution in [3.8, 4) is 17.2 Å². The quantitative estimate of drug-likeness (QED) is 0.595. The SMILES string of the molecule is Cc1ccc(-c2nnc(CCC(=O)N(C)CCOc3cccc(C)c3)o2)cc1. The van der Waals surface area contributed by atoms with Gasteiger partial charge in [-0.15, -0.1) is 10.2 Å². The standard InChI is InChI=1S/C22H25N3O3/c1-16-7-9-18(10-8-16)22-24-23-20(28-22)11-12-21(26)25(3)13-14-27-19-6-4-5-17(2)15-19/h4-10,15H,11-14H2,1-3H3. The van der Waals surface area contributed by atoms with Crippen LogP contribution in [0.1, 0.15) is 23.4 Å². The van der Waals surface area contributed by atoms with Gasteiger partial charge < -0.3 is 14.1 Å². The Morgan fingerprint density at radius 2 is 1.86 bits per heavy atom. The number of hydrogen-bond donors (Lipinski definition) is 0. The van der Waals surface area contributed by atoms with Gasteiger partial charge in [0.25, 0.3) is 0 Å². The Bertz CT molecular complexity index is 919. The van der Waals surface area contributed by atoms with Crippen molar-refractivity contribution in [2.75, 3.05) is 20.2 Å². The fourth-order valence-electron chi connectivity index (χ4n) is 2.70. The van der Waals surface area contributed by atoms with Crippen LogP contribution in [-0.2, 0) is 11.2 Å². The second kappa shape index (κ2) is 9.17. The molecule has 0 fully saturated rings. The fraction of sp³-hybridized carbons (Fsp3) is 0.318. The summed E-state index contributed by atoms with van der Waals surface area (Å²) in [6.45, 7) is 5.01. The summed E-state index contributed by atoms with van der Waals surface area (Å²) >= 11 is 0. The number of nitrogens with zero attached hydrogens (tertiary/aromatic N) is 3. The van der Waals surface area contributed by atoms with Crippen LogP contribution in [0, 0.1) is 13.8 Å². The topological polar surface area (TPSA) is 68.5 Å². The summed E-state index contributed by atoms with van der Waals surface area (Å²) in [7, 11) is 1.77. The molecule has 0 unspecified atom stereocenters. The lowest BCUT2D eigenvalue weighted by Gasteiger charge is -2.17. The first kappa shape index (κ1) is 19.6. The molecule has 0 bridgehead atoms. The molecule has 0 atom stereocenters. The lowest BCUT2D eigenvalue weighted by Crippen LogP contribution is -2.31. The van der Waals surface area contributed by atoms with Crippen LogP contribution >= 0.6 is 0 Å². The highest BCUT2D eigenvalue weighted by Gasteiger charge is 2.13. The molecule has 0 spiro atoms. The van der Waals surface area contributed by atoms with Gasteiger partial charge in [-0.1, -0.05) is 29.8 Å². The third kappa shape index (κ3) is 5.42. The van der Waals surface area contributed by atoms with Gasteiger partial charge in [-0.3, -0.25) is 4.79 Å². The highest BCUT2D eigenvalue weighted by molar-refractivity contribution is 5.76. The number of aromatic nitrogens is 2. The zero-order valence-electron chi connectivity index (χ0n) is 16.5. The fourth-order valence-corrected chi connectivity index (χ4v) is 2.70. The van der Waals surface area contributed by atoms with E-state index in [9.17, 15) is 4.79 Å². The minimum absolute atomic E-state index is 0.0166. The Hall–Kier alpha value is -3.15. The molecule has 1 amide bonds. The van der Waals surface area contributed by atoms with Crippen molar-refractivity contribution in [2.45, 2.75) is 26.7 Å². The van der Waals surface area contributed by atoms with Crippen molar-refractivity contribution < 1.29 is 13.9 Å². The van der Waals surface area contributed by atoms with E-state index in [2.05, 4.69) is 10.2 Å². The number of ether oxygens (including phenoxy) is 1. The van der Waals surface area contributed by atoms with Gasteiger partial charge in [0.1, 0.15) is 12.4 Å². The number of carbonyl (C=O) groups is 1. The molecule has 0 N–H and O–H groups in total. The van der Waals surface area contributed by atoms with Crippen molar-refractivity contribution in [3.05, 3.63) is 65.5 Å². The number of amides is 1. The van der Waals surface area contributed by atoms with E-state index in [4.69, 9.17) is 9.15 Å². The average molecular weight is 379 g/mol. The maximum absolute atomic E-state index is 12.3. The van der Waals surface area contributed by atoms with Crippen molar-refractivity contribution in [1.82, 2.24) is 15.1 Å². The Morgan fingerprint density at radius 1 is 1.07 bits per heavy atom. The molecule has 28 heavy (non-hydrogen) atoms. The van der Waals surface area contributed by atoms with Crippen LogP contribution in [-0.4, -0.2) is 41.2 Å². The first-order chi connectivity index (χ1) is 13.5. The van der Waals surface area contributed by atoms with Crippen molar-refractivity contribution >= 4 is 5.91 Å². The van der Waals surface area contributed by atoms with Crippen LogP contribution in [0.25, 0.3) is 11.5 Å². The molecule has 3 rings (SSSR count). The van der Waals surface area contributed by atoms with E-state index in [0.29, 0.717) is 37.8 Å². The molecular weight excluding hydrogens is 354 g/mol. The third-order valence-corrected chi connectivity index (χ3v) is 4.43. The Labute approximate surface area is 165 Å². The molecule has 3 aromatic rings. The van der Waals surface area contributed by atoms with Crippen molar-refractivity contribution in [1.29, 1.82) is 0 Å². The second-order valence-electron chi connectivity index (χ2n) is 6.85. The van der Waals surface area contributed by atoms with E-state index < -0.39 is 0 Å². The van der Waals surface area contributed by atoms with E-state index in [1.807, 2.05) is 62.4 Å². The second-order valence-corrected chi connectivity index (χ2v) is 6.85. The Kier molecular flexibility index (Phi) is 6.42. The summed E-state index contributed by atoms with van der Waals surface area (Å²) in [5.74, 6) is 1.77. The first-order valence-electron chi connectivity index (χ1n) is 9.34. The van der Waals surface area contributed by atoms with Crippen LogP contribution in [0.4, 0.5) is 0 Å². The van der Waals surface area contributed by atoms with Gasteiger partial charge in [0, 0.05) is 25.5 Å². The number of hydrogen-bond acceptors (Lipinski definition) is 5. The van der Waals surface area contributed by atoms with E-state index in [0.717, 1.165) is 16.9 Å². The molecular formula is C22H25N3O3. The van der Waals surface area contributed by atoms with Gasteiger partial charge in [0.05, 0.1) is 6.54 Å². The normalized spacial score (nSPS) is 10.7. The average Bonchev–Trinajstić information content (AvgIpc) is 3.15. The molecule has 0 aliphatic rings. The van der Waals surface area contributed by atoms with Crippen LogP contribution in [0.2, 0.25) is 0 Å². The van der Waals surface area contributed by atoms with E-state index in [1.54, 1.807) is 11.9 Å². The van der Waals surface area contributed by atoms with Gasteiger partial charge in [-0.05, 0) is 43.7 Å². The summed E-state index contributed by atoms with van der Waals surface area (Å²) in [4.78, 5) is 14.0. The lowest BCUT2D eigenvalue weighted by atomic mass is 10.1. The van der Waals surface area contributed by atoms with E-state index >= 15 is 0 Å². The minimum atomic E-state index is 0.0166. The maximum Gasteiger partial charge on any atom is 0.247 e. The summed E-state index contributed by atoms with van der Waals surface area (Å²) in [6, 6.07) is 15.7. The molecule has 0 saturated heterocycles. The smallest absolute Gasteiger partial charge is 0.247 e. The highest BCUT2D eigenvalue weighted by atomic mass is 16.5. The van der Waals surface area contributed by atoms with Gasteiger partial charge in [0.2, 0.25) is 17.7 Å². The van der Waals surface area contributed by atoms with Crippen LogP contribution in [0.3, 0.4) is 0 Å². The van der Waals surface area contributed by atoms with Gasteiger partial charge in [-0.2, -0.15) is 0 Å². The summed E-state index contributed by atoms with van der Waals surface area (Å²) in [5.41, 5.74) is 3.19. The number of benzene rings is 2. The molecule has 0 radical (unpaired) electrons. The van der Waals surface area contributed by atoms with Gasteiger partial charge in [0.15, 0.2) is 0 Å². The number of carbonyl (C=O) groups excluding carboxylic acids is 1. The predicted octanol–water partition coefficient (Wildman–Crippen LogP) is 3.82. The van der Waals surface area contributed by atoms with Crippen molar-refractivity contribution in [2.24, 2.45) is 0 Å². The minimum Gasteiger partial charge on any atom is -0.492 e. The molecule has 2 aromatic carbocycles. The van der Waals surface area contributed by atoms with Crippen LogP contribution in [0.5, 0.6) is 5.75 Å². The van der Waals surface area contributed by atoms with Gasteiger partial charge >= 0.3 is 0 Å². The number of rotatable bonds is 8. The molecule has 0 aliphatic carbocycles. The molecule has 1 heterocycles. The summed E-state index contributed by atoms with van der Waals surface area (Å²) in [5, 5.41) is 8.11. The maximum atomic E-state index is 12.3. The first-order valence-corrected chi connectivity index (χ1v) is 9.34. The molecule has 1 aromatic heterocycles. The molecule has 6 heteroatoms. The molecule has 146 valence electrons. The number of aryl methyl sites for hydroxylation is 3. The van der Waals surface area contributed by atoms with E-state index in [-0.39, 0.29) is 5.91 Å². The van der Waals surface area contributed by atoms with Crippen LogP contribution < -0.4 is 4.74 Å². The Morgan fingerprint density at radius 3 is 2.61 bits per heavy atom. The molecule has 0 aliphatic heterocycles. The predicted molar refractivity (Wildman–Crippen MR) is 107 cm³/mol. The summed E-state index contributed by atoms with van der Waals surface area (Å²) in [6.07, 6.45) is 0.733. The molecule has 0 saturated carbocycles. The van der Waals surface area contributed by atoms with Crippen molar-refractivity contribution in [3.63, 3.8) is 0 Å². The number of likely N-dealkylation sites (N-methyl/N-ethyl adjacent to an activating group) is 1. The zero-order valence-corrected chi connectivity index (χ0v) is 16.5. The van der Waals surface area contributed by atoms with Crippen LogP contribution in [0.15, 0.2) is 52.9 Å². The van der Waals surface area contributed by atoms with E-state index in [1.165, 1.54) is 5.56 Å². The third-order valence-electron chi connectivity index (χ3n) is 4.43. The molecule has 6 nitrogen and oxygen atoms in total.